The van der Waals surface area contributed by atoms with E-state index >= 15 is 0 Å². The topological polar surface area (TPSA) is 6.48 Å². The fraction of sp³-hybridized carbons (Fsp3) is 1.00. The lowest BCUT2D eigenvalue weighted by molar-refractivity contribution is 0.0714. The first-order chi connectivity index (χ1) is 7.29. The zero-order valence-electron chi connectivity index (χ0n) is 10.4. The molecule has 2 atom stereocenters. The van der Waals surface area contributed by atoms with Gasteiger partial charge in [-0.05, 0) is 25.3 Å². The summed E-state index contributed by atoms with van der Waals surface area (Å²) >= 11 is 0. The first-order valence-electron chi connectivity index (χ1n) is 6.76. The second kappa shape index (κ2) is 5.31. The third-order valence-electron chi connectivity index (χ3n) is 4.28. The van der Waals surface area contributed by atoms with Crippen molar-refractivity contribution >= 4 is 0 Å². The predicted octanol–water partition coefficient (Wildman–Crippen LogP) is 2.20. The molecule has 1 saturated heterocycles. The number of likely N-dealkylation sites (N-methyl/N-ethyl adjacent to an activating group) is 1. The van der Waals surface area contributed by atoms with Gasteiger partial charge in [0.05, 0.1) is 0 Å². The smallest absolute Gasteiger partial charge is 0.0113 e. The van der Waals surface area contributed by atoms with Crippen LogP contribution in [0.3, 0.4) is 0 Å². The van der Waals surface area contributed by atoms with Crippen LogP contribution in [0.2, 0.25) is 0 Å². The number of hydrogen-bond donors (Lipinski definition) is 0. The summed E-state index contributed by atoms with van der Waals surface area (Å²) in [5.74, 6) is 0.966. The summed E-state index contributed by atoms with van der Waals surface area (Å²) in [6, 6.07) is 0.910. The molecule has 15 heavy (non-hydrogen) atoms. The van der Waals surface area contributed by atoms with Crippen molar-refractivity contribution in [1.82, 2.24) is 9.80 Å². The highest BCUT2D eigenvalue weighted by atomic mass is 15.3. The molecule has 0 spiro atoms. The van der Waals surface area contributed by atoms with E-state index in [4.69, 9.17) is 0 Å². The van der Waals surface area contributed by atoms with Crippen molar-refractivity contribution < 1.29 is 0 Å². The van der Waals surface area contributed by atoms with Crippen LogP contribution in [0.1, 0.15) is 39.5 Å². The zero-order valence-corrected chi connectivity index (χ0v) is 10.4. The molecule has 1 saturated carbocycles. The van der Waals surface area contributed by atoms with E-state index in [2.05, 4.69) is 23.6 Å². The molecular formula is C13H26N2. The van der Waals surface area contributed by atoms with Gasteiger partial charge in [0.15, 0.2) is 0 Å². The summed E-state index contributed by atoms with van der Waals surface area (Å²) in [7, 11) is 0. The van der Waals surface area contributed by atoms with Crippen LogP contribution in [0.15, 0.2) is 0 Å². The van der Waals surface area contributed by atoms with Crippen LogP contribution < -0.4 is 0 Å². The van der Waals surface area contributed by atoms with Crippen LogP contribution in [0.4, 0.5) is 0 Å². The largest absolute Gasteiger partial charge is 0.301 e. The van der Waals surface area contributed by atoms with E-state index in [1.807, 2.05) is 0 Å². The van der Waals surface area contributed by atoms with Crippen LogP contribution in [-0.2, 0) is 0 Å². The molecular weight excluding hydrogens is 184 g/mol. The summed E-state index contributed by atoms with van der Waals surface area (Å²) in [5, 5.41) is 0. The molecule has 2 fully saturated rings. The lowest BCUT2D eigenvalue weighted by Crippen LogP contribution is -2.51. The van der Waals surface area contributed by atoms with Crippen LogP contribution >= 0.6 is 0 Å². The molecule has 88 valence electrons. The highest BCUT2D eigenvalue weighted by Crippen LogP contribution is 2.27. The minimum absolute atomic E-state index is 0.910. The molecule has 0 N–H and O–H groups in total. The Bertz CT molecular complexity index is 185. The Morgan fingerprint density at radius 2 is 1.80 bits per heavy atom. The van der Waals surface area contributed by atoms with E-state index in [9.17, 15) is 0 Å². The minimum Gasteiger partial charge on any atom is -0.301 e. The van der Waals surface area contributed by atoms with E-state index < -0.39 is 0 Å². The third-order valence-corrected chi connectivity index (χ3v) is 4.28. The highest BCUT2D eigenvalue weighted by molar-refractivity contribution is 4.82. The standard InChI is InChI=1S/C13H26N2/c1-3-14-7-9-15(10-8-14)13-6-4-5-12(2)11-13/h12-13H,3-11H2,1-2H3/t12-,13+/m0/s1. The Labute approximate surface area is 94.6 Å². The van der Waals surface area contributed by atoms with E-state index in [1.54, 1.807) is 0 Å². The van der Waals surface area contributed by atoms with E-state index in [0.717, 1.165) is 12.0 Å². The molecule has 0 bridgehead atoms. The minimum atomic E-state index is 0.910. The Morgan fingerprint density at radius 3 is 2.40 bits per heavy atom. The molecule has 0 radical (unpaired) electrons. The van der Waals surface area contributed by atoms with Crippen LogP contribution in [0, 0.1) is 5.92 Å². The SMILES string of the molecule is CCN1CCN([C@@H]2CCC[C@H](C)C2)CC1. The van der Waals surface area contributed by atoms with Crippen molar-refractivity contribution in [2.75, 3.05) is 32.7 Å². The second-order valence-corrected chi connectivity index (χ2v) is 5.40. The fourth-order valence-electron chi connectivity index (χ4n) is 3.18. The highest BCUT2D eigenvalue weighted by Gasteiger charge is 2.26. The first kappa shape index (κ1) is 11.4. The van der Waals surface area contributed by atoms with Gasteiger partial charge in [0.2, 0.25) is 0 Å². The zero-order chi connectivity index (χ0) is 10.7. The maximum Gasteiger partial charge on any atom is 0.0113 e. The Balaban J connectivity index is 1.79. The maximum absolute atomic E-state index is 2.75. The van der Waals surface area contributed by atoms with Gasteiger partial charge < -0.3 is 4.90 Å². The molecule has 1 aliphatic carbocycles. The van der Waals surface area contributed by atoms with Crippen LogP contribution in [0.5, 0.6) is 0 Å². The Hall–Kier alpha value is -0.0800. The summed E-state index contributed by atoms with van der Waals surface area (Å²) < 4.78 is 0. The van der Waals surface area contributed by atoms with E-state index in [-0.39, 0.29) is 0 Å². The molecule has 2 nitrogen and oxygen atoms in total. The monoisotopic (exact) mass is 210 g/mol. The summed E-state index contributed by atoms with van der Waals surface area (Å²) in [4.78, 5) is 5.32. The number of piperazine rings is 1. The summed E-state index contributed by atoms with van der Waals surface area (Å²) in [5.41, 5.74) is 0. The average Bonchev–Trinajstić information content (AvgIpc) is 2.29. The molecule has 0 unspecified atom stereocenters. The Morgan fingerprint density at radius 1 is 1.07 bits per heavy atom. The Kier molecular flexibility index (Phi) is 4.04. The molecule has 2 rings (SSSR count). The van der Waals surface area contributed by atoms with E-state index in [0.29, 0.717) is 0 Å². The molecule has 0 aromatic rings. The van der Waals surface area contributed by atoms with Gasteiger partial charge >= 0.3 is 0 Å². The van der Waals surface area contributed by atoms with Crippen molar-refractivity contribution in [2.24, 2.45) is 5.92 Å². The number of nitrogens with zero attached hydrogens (tertiary/aromatic N) is 2. The molecule has 2 heteroatoms. The van der Waals surface area contributed by atoms with Gasteiger partial charge in [-0.25, -0.2) is 0 Å². The first-order valence-corrected chi connectivity index (χ1v) is 6.76. The van der Waals surface area contributed by atoms with Gasteiger partial charge in [0.1, 0.15) is 0 Å². The lowest BCUT2D eigenvalue weighted by atomic mass is 9.86. The number of hydrogen-bond acceptors (Lipinski definition) is 2. The summed E-state index contributed by atoms with van der Waals surface area (Å²) in [6.07, 6.45) is 5.83. The molecule has 1 aliphatic heterocycles. The number of rotatable bonds is 2. The van der Waals surface area contributed by atoms with Crippen molar-refractivity contribution in [3.63, 3.8) is 0 Å². The molecule has 1 heterocycles. The van der Waals surface area contributed by atoms with E-state index in [1.165, 1.54) is 58.4 Å². The normalized spacial score (nSPS) is 35.6. The lowest BCUT2D eigenvalue weighted by Gasteiger charge is -2.41. The van der Waals surface area contributed by atoms with Gasteiger partial charge in [-0.3, -0.25) is 4.90 Å². The van der Waals surface area contributed by atoms with Crippen LogP contribution in [0.25, 0.3) is 0 Å². The second-order valence-electron chi connectivity index (χ2n) is 5.40. The third kappa shape index (κ3) is 2.94. The van der Waals surface area contributed by atoms with Crippen molar-refractivity contribution in [3.05, 3.63) is 0 Å². The average molecular weight is 210 g/mol. The van der Waals surface area contributed by atoms with Gasteiger partial charge in [0, 0.05) is 32.2 Å². The quantitative estimate of drug-likeness (QED) is 0.689. The van der Waals surface area contributed by atoms with Gasteiger partial charge in [-0.15, -0.1) is 0 Å². The fourth-order valence-corrected chi connectivity index (χ4v) is 3.18. The van der Waals surface area contributed by atoms with Gasteiger partial charge in [-0.1, -0.05) is 26.7 Å². The predicted molar refractivity (Wildman–Crippen MR) is 65.1 cm³/mol. The molecule has 0 aromatic heterocycles. The van der Waals surface area contributed by atoms with Crippen molar-refractivity contribution in [3.8, 4) is 0 Å². The molecule has 2 aliphatic rings. The van der Waals surface area contributed by atoms with Crippen LogP contribution in [-0.4, -0.2) is 48.6 Å². The molecule has 0 aromatic carbocycles. The molecule has 0 amide bonds. The van der Waals surface area contributed by atoms with Crippen molar-refractivity contribution in [1.29, 1.82) is 0 Å². The maximum atomic E-state index is 2.75. The van der Waals surface area contributed by atoms with Gasteiger partial charge in [0.25, 0.3) is 0 Å². The summed E-state index contributed by atoms with van der Waals surface area (Å²) in [6.45, 7) is 11.1. The van der Waals surface area contributed by atoms with Crippen molar-refractivity contribution in [2.45, 2.75) is 45.6 Å². The van der Waals surface area contributed by atoms with Gasteiger partial charge in [-0.2, -0.15) is 0 Å².